The molecule has 2 aliphatic rings. The van der Waals surface area contributed by atoms with E-state index >= 15 is 0 Å². The number of likely N-dealkylation sites (tertiary alicyclic amines) is 1. The lowest BCUT2D eigenvalue weighted by atomic mass is 10.2. The summed E-state index contributed by atoms with van der Waals surface area (Å²) < 4.78 is 10.6. The lowest BCUT2D eigenvalue weighted by molar-refractivity contribution is 0.0949. The topological polar surface area (TPSA) is 83.7 Å². The van der Waals surface area contributed by atoms with Gasteiger partial charge >= 0.3 is 0 Å². The Balaban J connectivity index is 1.39. The summed E-state index contributed by atoms with van der Waals surface area (Å²) in [5, 5.41) is 2.78. The average molecular weight is 369 g/mol. The summed E-state index contributed by atoms with van der Waals surface area (Å²) in [6.07, 6.45) is 2.37. The molecule has 2 N–H and O–H groups in total. The molecule has 1 aromatic carbocycles. The molecular formula is C20H23N3O4. The van der Waals surface area contributed by atoms with Crippen molar-refractivity contribution in [1.29, 1.82) is 0 Å². The molecule has 0 bridgehead atoms. The number of pyridine rings is 1. The Morgan fingerprint density at radius 1 is 1.26 bits per heavy atom. The van der Waals surface area contributed by atoms with E-state index in [0.29, 0.717) is 30.6 Å². The number of amides is 1. The number of aromatic nitrogens is 1. The molecule has 0 spiro atoms. The van der Waals surface area contributed by atoms with Crippen LogP contribution in [0.2, 0.25) is 0 Å². The van der Waals surface area contributed by atoms with Crippen molar-refractivity contribution in [3.63, 3.8) is 0 Å². The van der Waals surface area contributed by atoms with Gasteiger partial charge in [-0.05, 0) is 56.1 Å². The summed E-state index contributed by atoms with van der Waals surface area (Å²) >= 11 is 0. The van der Waals surface area contributed by atoms with Crippen LogP contribution >= 0.6 is 0 Å². The molecule has 27 heavy (non-hydrogen) atoms. The van der Waals surface area contributed by atoms with Crippen LogP contribution in [0.5, 0.6) is 11.5 Å². The third-order valence-electron chi connectivity index (χ3n) is 5.17. The van der Waals surface area contributed by atoms with E-state index in [0.717, 1.165) is 17.8 Å². The van der Waals surface area contributed by atoms with Crippen molar-refractivity contribution < 1.29 is 14.3 Å². The first-order valence-electron chi connectivity index (χ1n) is 9.23. The fourth-order valence-electron chi connectivity index (χ4n) is 3.56. The number of nitrogens with one attached hydrogen (secondary N) is 2. The number of rotatable bonds is 5. The van der Waals surface area contributed by atoms with Crippen LogP contribution in [0.1, 0.15) is 41.4 Å². The molecule has 0 radical (unpaired) electrons. The molecule has 1 aromatic heterocycles. The Morgan fingerprint density at radius 3 is 2.89 bits per heavy atom. The van der Waals surface area contributed by atoms with E-state index < -0.39 is 5.91 Å². The molecule has 3 heterocycles. The second kappa shape index (κ2) is 7.44. The summed E-state index contributed by atoms with van der Waals surface area (Å²) in [6.45, 7) is 4.46. The van der Waals surface area contributed by atoms with E-state index in [2.05, 4.69) is 22.1 Å². The standard InChI is InChI=1S/C20H23N3O4/c1-13-3-2-8-23(13)11-15-5-6-16(20(25)22-15)19(24)21-10-14-4-7-17-18(9-14)27-12-26-17/h4-7,9,13H,2-3,8,10-12H2,1H3,(H,21,24)(H,22,25). The van der Waals surface area contributed by atoms with Gasteiger partial charge in [0.2, 0.25) is 6.79 Å². The molecule has 2 aliphatic heterocycles. The Hall–Kier alpha value is -2.80. The van der Waals surface area contributed by atoms with Gasteiger partial charge in [-0.3, -0.25) is 14.5 Å². The summed E-state index contributed by atoms with van der Waals surface area (Å²) in [6, 6.07) is 9.44. The summed E-state index contributed by atoms with van der Waals surface area (Å²) in [4.78, 5) is 29.9. The van der Waals surface area contributed by atoms with Gasteiger partial charge in [0.15, 0.2) is 11.5 Å². The number of H-pyrrole nitrogens is 1. The van der Waals surface area contributed by atoms with Crippen molar-refractivity contribution in [1.82, 2.24) is 15.2 Å². The highest BCUT2D eigenvalue weighted by Gasteiger charge is 2.21. The molecule has 1 saturated heterocycles. The third kappa shape index (κ3) is 3.83. The van der Waals surface area contributed by atoms with Gasteiger partial charge in [0, 0.05) is 24.8 Å². The van der Waals surface area contributed by atoms with Crippen molar-refractivity contribution in [2.45, 2.75) is 38.9 Å². The minimum Gasteiger partial charge on any atom is -0.454 e. The molecule has 1 unspecified atom stereocenters. The van der Waals surface area contributed by atoms with Crippen LogP contribution in [0.25, 0.3) is 0 Å². The van der Waals surface area contributed by atoms with Crippen molar-refractivity contribution in [3.05, 3.63) is 57.5 Å². The highest BCUT2D eigenvalue weighted by atomic mass is 16.7. The maximum atomic E-state index is 12.4. The minimum atomic E-state index is -0.394. The summed E-state index contributed by atoms with van der Waals surface area (Å²) in [5.41, 5.74) is 1.47. The number of ether oxygens (including phenoxy) is 2. The van der Waals surface area contributed by atoms with E-state index in [1.165, 1.54) is 12.8 Å². The van der Waals surface area contributed by atoms with Crippen molar-refractivity contribution in [2.75, 3.05) is 13.3 Å². The largest absolute Gasteiger partial charge is 0.454 e. The van der Waals surface area contributed by atoms with Crippen molar-refractivity contribution in [3.8, 4) is 11.5 Å². The van der Waals surface area contributed by atoms with Gasteiger partial charge in [0.25, 0.3) is 11.5 Å². The van der Waals surface area contributed by atoms with E-state index in [4.69, 9.17) is 9.47 Å². The van der Waals surface area contributed by atoms with Gasteiger partial charge in [0.05, 0.1) is 0 Å². The molecule has 1 atom stereocenters. The Bertz CT molecular complexity index is 908. The number of carbonyl (C=O) groups is 1. The molecule has 0 saturated carbocycles. The van der Waals surface area contributed by atoms with Crippen LogP contribution in [0.4, 0.5) is 0 Å². The number of benzene rings is 1. The number of nitrogens with zero attached hydrogens (tertiary/aromatic N) is 1. The molecule has 7 heteroatoms. The fourth-order valence-corrected chi connectivity index (χ4v) is 3.56. The smallest absolute Gasteiger partial charge is 0.261 e. The highest BCUT2D eigenvalue weighted by molar-refractivity contribution is 5.93. The zero-order chi connectivity index (χ0) is 18.8. The van der Waals surface area contributed by atoms with Crippen LogP contribution in [0.15, 0.2) is 35.1 Å². The molecule has 2 aromatic rings. The quantitative estimate of drug-likeness (QED) is 0.842. The zero-order valence-electron chi connectivity index (χ0n) is 15.3. The SMILES string of the molecule is CC1CCCN1Cc1ccc(C(=O)NCc2ccc3c(c2)OCO3)c(=O)[nH]1. The van der Waals surface area contributed by atoms with Gasteiger partial charge in [-0.2, -0.15) is 0 Å². The van der Waals surface area contributed by atoms with Crippen LogP contribution in [0.3, 0.4) is 0 Å². The predicted molar refractivity (Wildman–Crippen MR) is 99.9 cm³/mol. The highest BCUT2D eigenvalue weighted by Crippen LogP contribution is 2.32. The van der Waals surface area contributed by atoms with Gasteiger partial charge in [-0.15, -0.1) is 0 Å². The maximum Gasteiger partial charge on any atom is 0.261 e. The zero-order valence-corrected chi connectivity index (χ0v) is 15.3. The lowest BCUT2D eigenvalue weighted by Crippen LogP contribution is -2.31. The van der Waals surface area contributed by atoms with Crippen LogP contribution in [-0.2, 0) is 13.1 Å². The van der Waals surface area contributed by atoms with E-state index in [1.54, 1.807) is 6.07 Å². The normalized spacial score (nSPS) is 18.6. The summed E-state index contributed by atoms with van der Waals surface area (Å²) in [5.74, 6) is 0.972. The Labute approximate surface area is 157 Å². The number of fused-ring (bicyclic) bond motifs is 1. The van der Waals surface area contributed by atoms with Crippen LogP contribution in [-0.4, -0.2) is 35.2 Å². The molecule has 142 valence electrons. The molecule has 1 amide bonds. The molecular weight excluding hydrogens is 346 g/mol. The predicted octanol–water partition coefficient (Wildman–Crippen LogP) is 2.02. The number of hydrogen-bond donors (Lipinski definition) is 2. The monoisotopic (exact) mass is 369 g/mol. The second-order valence-electron chi connectivity index (χ2n) is 7.06. The number of carbonyl (C=O) groups excluding carboxylic acids is 1. The number of hydrogen-bond acceptors (Lipinski definition) is 5. The van der Waals surface area contributed by atoms with Crippen molar-refractivity contribution in [2.24, 2.45) is 0 Å². The number of aromatic amines is 1. The second-order valence-corrected chi connectivity index (χ2v) is 7.06. The summed E-state index contributed by atoms with van der Waals surface area (Å²) in [7, 11) is 0. The van der Waals surface area contributed by atoms with E-state index in [9.17, 15) is 9.59 Å². The van der Waals surface area contributed by atoms with Crippen LogP contribution in [0, 0.1) is 0 Å². The van der Waals surface area contributed by atoms with E-state index in [1.807, 2.05) is 24.3 Å². The van der Waals surface area contributed by atoms with Crippen LogP contribution < -0.4 is 20.3 Å². The molecule has 0 aliphatic carbocycles. The third-order valence-corrected chi connectivity index (χ3v) is 5.17. The molecule has 7 nitrogen and oxygen atoms in total. The average Bonchev–Trinajstić information content (AvgIpc) is 3.28. The first-order chi connectivity index (χ1) is 13.1. The Morgan fingerprint density at radius 2 is 2.11 bits per heavy atom. The maximum absolute atomic E-state index is 12.4. The van der Waals surface area contributed by atoms with Gasteiger partial charge in [0.1, 0.15) is 5.56 Å². The first kappa shape index (κ1) is 17.6. The first-order valence-corrected chi connectivity index (χ1v) is 9.23. The van der Waals surface area contributed by atoms with Gasteiger partial charge in [-0.25, -0.2) is 0 Å². The minimum absolute atomic E-state index is 0.119. The van der Waals surface area contributed by atoms with Crippen molar-refractivity contribution >= 4 is 5.91 Å². The lowest BCUT2D eigenvalue weighted by Gasteiger charge is -2.20. The Kier molecular flexibility index (Phi) is 4.85. The fraction of sp³-hybridized carbons (Fsp3) is 0.400. The van der Waals surface area contributed by atoms with E-state index in [-0.39, 0.29) is 17.9 Å². The van der Waals surface area contributed by atoms with Gasteiger partial charge in [-0.1, -0.05) is 6.07 Å². The molecule has 1 fully saturated rings. The molecule has 4 rings (SSSR count). The van der Waals surface area contributed by atoms with Gasteiger partial charge < -0.3 is 19.8 Å².